The number of hydrogen-bond donors (Lipinski definition) is 0. The molecule has 8 aromatic rings. The van der Waals surface area contributed by atoms with Gasteiger partial charge in [0.05, 0.1) is 11.2 Å². The summed E-state index contributed by atoms with van der Waals surface area (Å²) in [4.78, 5) is 14.4. The van der Waals surface area contributed by atoms with E-state index in [9.17, 15) is 0 Å². The summed E-state index contributed by atoms with van der Waals surface area (Å²) in [5, 5.41) is 3.37. The van der Waals surface area contributed by atoms with Crippen molar-refractivity contribution in [1.29, 1.82) is 0 Å². The van der Waals surface area contributed by atoms with Crippen molar-refractivity contribution in [3.63, 3.8) is 0 Å². The van der Waals surface area contributed by atoms with Crippen molar-refractivity contribution in [2.75, 3.05) is 0 Å². The second-order valence-electron chi connectivity index (χ2n) is 10.9. The Hall–Kier alpha value is -5.93. The highest BCUT2D eigenvalue weighted by Gasteiger charge is 2.17. The molecular formula is C41H27N3. The molecule has 2 heterocycles. The Morgan fingerprint density at radius 1 is 0.386 bits per heavy atom. The van der Waals surface area contributed by atoms with Gasteiger partial charge in [0, 0.05) is 28.9 Å². The van der Waals surface area contributed by atoms with Crippen LogP contribution in [-0.2, 0) is 0 Å². The first-order valence-corrected chi connectivity index (χ1v) is 14.8. The topological polar surface area (TPSA) is 38.7 Å². The predicted molar refractivity (Wildman–Crippen MR) is 182 cm³/mol. The molecule has 0 amide bonds. The van der Waals surface area contributed by atoms with E-state index < -0.39 is 0 Å². The molecule has 3 heteroatoms. The highest BCUT2D eigenvalue weighted by atomic mass is 14.9. The van der Waals surface area contributed by atoms with Gasteiger partial charge in [-0.15, -0.1) is 0 Å². The van der Waals surface area contributed by atoms with E-state index in [1.807, 2.05) is 12.1 Å². The van der Waals surface area contributed by atoms with Crippen molar-refractivity contribution in [2.45, 2.75) is 0 Å². The quantitative estimate of drug-likeness (QED) is 0.196. The maximum Gasteiger partial charge on any atom is 0.160 e. The zero-order chi connectivity index (χ0) is 29.3. The smallest absolute Gasteiger partial charge is 0.160 e. The van der Waals surface area contributed by atoms with Gasteiger partial charge in [0.1, 0.15) is 0 Å². The number of nitrogens with zero attached hydrogens (tertiary/aromatic N) is 3. The molecule has 206 valence electrons. The number of fused-ring (bicyclic) bond motifs is 3. The normalized spacial score (nSPS) is 11.2. The van der Waals surface area contributed by atoms with Gasteiger partial charge in [0.2, 0.25) is 0 Å². The summed E-state index contributed by atoms with van der Waals surface area (Å²) in [5.74, 6) is 0.690. The van der Waals surface area contributed by atoms with Crippen LogP contribution in [0, 0.1) is 0 Å². The van der Waals surface area contributed by atoms with E-state index in [2.05, 4.69) is 145 Å². The molecule has 0 bridgehead atoms. The van der Waals surface area contributed by atoms with Crippen molar-refractivity contribution >= 4 is 21.7 Å². The highest BCUT2D eigenvalue weighted by Crippen LogP contribution is 2.41. The summed E-state index contributed by atoms with van der Waals surface area (Å²) in [6.45, 7) is 0. The molecule has 0 saturated carbocycles. The summed E-state index contributed by atoms with van der Waals surface area (Å²) in [5.41, 5.74) is 11.0. The lowest BCUT2D eigenvalue weighted by atomic mass is 9.87. The third kappa shape index (κ3) is 4.61. The second-order valence-corrected chi connectivity index (χ2v) is 10.9. The minimum atomic E-state index is 0.690. The molecule has 8 rings (SSSR count). The monoisotopic (exact) mass is 561 g/mol. The lowest BCUT2D eigenvalue weighted by Gasteiger charge is -2.17. The molecule has 3 nitrogen and oxygen atoms in total. The molecule has 0 unspecified atom stereocenters. The van der Waals surface area contributed by atoms with E-state index in [1.165, 1.54) is 33.2 Å². The van der Waals surface area contributed by atoms with Crippen molar-refractivity contribution in [1.82, 2.24) is 15.0 Å². The summed E-state index contributed by atoms with van der Waals surface area (Å²) >= 11 is 0. The molecule has 0 fully saturated rings. The maximum absolute atomic E-state index is 5.19. The first-order valence-electron chi connectivity index (χ1n) is 14.8. The van der Waals surface area contributed by atoms with Gasteiger partial charge in [-0.3, -0.25) is 4.98 Å². The number of pyridine rings is 1. The molecular weight excluding hydrogens is 534 g/mol. The van der Waals surface area contributed by atoms with Crippen molar-refractivity contribution in [3.8, 4) is 56.0 Å². The van der Waals surface area contributed by atoms with Gasteiger partial charge in [-0.2, -0.15) is 0 Å². The fourth-order valence-electron chi connectivity index (χ4n) is 6.12. The van der Waals surface area contributed by atoms with Gasteiger partial charge < -0.3 is 0 Å². The minimum Gasteiger partial charge on any atom is -0.265 e. The average Bonchev–Trinajstić information content (AvgIpc) is 3.12. The predicted octanol–water partition coefficient (Wildman–Crippen LogP) is 10.5. The first kappa shape index (κ1) is 25.8. The third-order valence-corrected chi connectivity index (χ3v) is 8.21. The molecule has 0 saturated heterocycles. The van der Waals surface area contributed by atoms with Crippen LogP contribution in [0.1, 0.15) is 0 Å². The van der Waals surface area contributed by atoms with E-state index in [0.29, 0.717) is 5.82 Å². The average molecular weight is 562 g/mol. The first-order chi connectivity index (χ1) is 21.8. The number of rotatable bonds is 5. The second kappa shape index (κ2) is 11.0. The molecule has 6 aromatic carbocycles. The molecule has 0 radical (unpaired) electrons. The van der Waals surface area contributed by atoms with E-state index in [0.717, 1.165) is 38.7 Å². The Labute approximate surface area is 256 Å². The molecule has 2 aromatic heterocycles. The van der Waals surface area contributed by atoms with E-state index >= 15 is 0 Å². The number of benzene rings is 6. The molecule has 0 aliphatic carbocycles. The Kier molecular flexibility index (Phi) is 6.47. The van der Waals surface area contributed by atoms with Crippen LogP contribution in [-0.4, -0.2) is 15.0 Å². The molecule has 0 N–H and O–H groups in total. The Morgan fingerprint density at radius 3 is 1.68 bits per heavy atom. The van der Waals surface area contributed by atoms with Crippen molar-refractivity contribution in [2.24, 2.45) is 0 Å². The third-order valence-electron chi connectivity index (χ3n) is 8.21. The lowest BCUT2D eigenvalue weighted by molar-refractivity contribution is 1.22. The summed E-state index contributed by atoms with van der Waals surface area (Å²) in [7, 11) is 0. The lowest BCUT2D eigenvalue weighted by Crippen LogP contribution is -1.96. The number of hydrogen-bond acceptors (Lipinski definition) is 3. The maximum atomic E-state index is 5.19. The SMILES string of the molecule is c1ccc(-c2cccc(-c3ccccc3)c2-c2ccc(-c3nc(-c4ccncc4)nc4ccc5ccccc5c34)cc2)cc1. The zero-order valence-corrected chi connectivity index (χ0v) is 23.9. The Balaban J connectivity index is 1.34. The summed E-state index contributed by atoms with van der Waals surface area (Å²) < 4.78 is 0. The van der Waals surface area contributed by atoms with Crippen LogP contribution >= 0.6 is 0 Å². The van der Waals surface area contributed by atoms with Gasteiger partial charge >= 0.3 is 0 Å². The van der Waals surface area contributed by atoms with Crippen LogP contribution in [0.3, 0.4) is 0 Å². The Morgan fingerprint density at radius 2 is 1.00 bits per heavy atom. The largest absolute Gasteiger partial charge is 0.265 e. The van der Waals surface area contributed by atoms with Gasteiger partial charge in [-0.25, -0.2) is 9.97 Å². The van der Waals surface area contributed by atoms with E-state index in [4.69, 9.17) is 9.97 Å². The van der Waals surface area contributed by atoms with Crippen LogP contribution in [0.25, 0.3) is 77.7 Å². The van der Waals surface area contributed by atoms with Crippen LogP contribution in [0.15, 0.2) is 164 Å². The molecule has 0 atom stereocenters. The minimum absolute atomic E-state index is 0.690. The molecule has 0 spiro atoms. The van der Waals surface area contributed by atoms with Crippen LogP contribution < -0.4 is 0 Å². The van der Waals surface area contributed by atoms with Crippen molar-refractivity contribution in [3.05, 3.63) is 164 Å². The highest BCUT2D eigenvalue weighted by molar-refractivity contribution is 6.12. The summed E-state index contributed by atoms with van der Waals surface area (Å²) in [6.07, 6.45) is 3.57. The Bertz CT molecular complexity index is 2190. The fraction of sp³-hybridized carbons (Fsp3) is 0. The van der Waals surface area contributed by atoms with Gasteiger partial charge in [0.25, 0.3) is 0 Å². The van der Waals surface area contributed by atoms with Crippen LogP contribution in [0.4, 0.5) is 0 Å². The van der Waals surface area contributed by atoms with E-state index in [-0.39, 0.29) is 0 Å². The molecule has 0 aliphatic rings. The van der Waals surface area contributed by atoms with Gasteiger partial charge in [-0.1, -0.05) is 133 Å². The fourth-order valence-corrected chi connectivity index (χ4v) is 6.12. The van der Waals surface area contributed by atoms with Crippen molar-refractivity contribution < 1.29 is 0 Å². The molecule has 44 heavy (non-hydrogen) atoms. The van der Waals surface area contributed by atoms with Crippen LogP contribution in [0.5, 0.6) is 0 Å². The standard InChI is InChI=1S/C41H27N3/c1-3-10-28(11-4-1)34-16-9-17-35(29-12-5-2-6-13-29)38(34)31-18-20-32(21-19-31)40-39-36-15-8-7-14-30(36)22-23-37(39)43-41(44-40)33-24-26-42-27-25-33/h1-27H. The van der Waals surface area contributed by atoms with Crippen LogP contribution in [0.2, 0.25) is 0 Å². The summed E-state index contributed by atoms with van der Waals surface area (Å²) in [6, 6.07) is 53.3. The van der Waals surface area contributed by atoms with Gasteiger partial charge in [-0.05, 0) is 62.4 Å². The molecule has 0 aliphatic heterocycles. The zero-order valence-electron chi connectivity index (χ0n) is 23.9. The van der Waals surface area contributed by atoms with Gasteiger partial charge in [0.15, 0.2) is 5.82 Å². The number of aromatic nitrogens is 3. The van der Waals surface area contributed by atoms with E-state index in [1.54, 1.807) is 12.4 Å².